The van der Waals surface area contributed by atoms with Gasteiger partial charge in [-0.3, -0.25) is 4.79 Å². The van der Waals surface area contributed by atoms with Gasteiger partial charge in [-0.25, -0.2) is 13.1 Å². The second-order valence-corrected chi connectivity index (χ2v) is 10.6. The second kappa shape index (κ2) is 9.30. The maximum Gasteiger partial charge on any atom is 0.240 e. The smallest absolute Gasteiger partial charge is 0.240 e. The van der Waals surface area contributed by atoms with E-state index in [1.807, 2.05) is 42.5 Å². The molecular weight excluding hydrogens is 424 g/mol. The van der Waals surface area contributed by atoms with E-state index >= 15 is 0 Å². The van der Waals surface area contributed by atoms with Gasteiger partial charge in [-0.15, -0.1) is 0 Å². The molecule has 0 saturated heterocycles. The number of benzene rings is 2. The first kappa shape index (κ1) is 23.8. The maximum absolute atomic E-state index is 12.9. The number of aryl methyl sites for hydroxylation is 1. The minimum absolute atomic E-state index is 0.0686. The molecule has 2 aromatic carbocycles. The van der Waals surface area contributed by atoms with Crippen molar-refractivity contribution in [2.24, 2.45) is 7.05 Å². The predicted molar refractivity (Wildman–Crippen MR) is 126 cm³/mol. The summed E-state index contributed by atoms with van der Waals surface area (Å²) >= 11 is 0. The largest absolute Gasteiger partial charge is 0.483 e. The van der Waals surface area contributed by atoms with Crippen LogP contribution in [0.4, 0.5) is 0 Å². The number of nitrogens with one attached hydrogen (secondary N) is 1. The van der Waals surface area contributed by atoms with Crippen LogP contribution in [0, 0.1) is 6.92 Å². The van der Waals surface area contributed by atoms with E-state index in [0.29, 0.717) is 11.4 Å². The number of aromatic nitrogens is 1. The third-order valence-corrected chi connectivity index (χ3v) is 6.86. The number of nitrogens with zero attached hydrogens (tertiary/aromatic N) is 1. The Morgan fingerprint density at radius 1 is 1.00 bits per heavy atom. The molecule has 0 bridgehead atoms. The van der Waals surface area contributed by atoms with Crippen molar-refractivity contribution in [2.45, 2.75) is 51.2 Å². The molecule has 0 atom stereocenters. The number of rotatable bonds is 7. The van der Waals surface area contributed by atoms with Crippen LogP contribution in [0.1, 0.15) is 43.3 Å². The number of pyridine rings is 1. The van der Waals surface area contributed by atoms with Crippen molar-refractivity contribution >= 4 is 10.0 Å². The molecule has 170 valence electrons. The van der Waals surface area contributed by atoms with Crippen molar-refractivity contribution in [1.82, 2.24) is 9.29 Å². The fourth-order valence-electron chi connectivity index (χ4n) is 3.32. The van der Waals surface area contributed by atoms with Crippen molar-refractivity contribution in [2.75, 3.05) is 0 Å². The standard InChI is InChI=1S/C25H30N2O4S/c1-18-15-23(28)24(31-17-19-9-7-6-8-10-19)22(27(18)5)16-26-32(29,30)21-13-11-20(12-14-21)25(2,3)4/h6-15,26H,16-17H2,1-5H3. The van der Waals surface area contributed by atoms with E-state index in [4.69, 9.17) is 4.74 Å². The van der Waals surface area contributed by atoms with Gasteiger partial charge >= 0.3 is 0 Å². The Labute approximate surface area is 189 Å². The highest BCUT2D eigenvalue weighted by Crippen LogP contribution is 2.24. The van der Waals surface area contributed by atoms with Crippen LogP contribution < -0.4 is 14.9 Å². The molecule has 1 aromatic heterocycles. The zero-order valence-corrected chi connectivity index (χ0v) is 20.0. The van der Waals surface area contributed by atoms with E-state index in [1.165, 1.54) is 6.07 Å². The number of hydrogen-bond acceptors (Lipinski definition) is 4. The fraction of sp³-hybridized carbons (Fsp3) is 0.320. The van der Waals surface area contributed by atoms with Gasteiger partial charge in [-0.05, 0) is 35.6 Å². The molecule has 0 unspecified atom stereocenters. The lowest BCUT2D eigenvalue weighted by atomic mass is 9.87. The zero-order chi connectivity index (χ0) is 23.5. The number of ether oxygens (including phenoxy) is 1. The summed E-state index contributed by atoms with van der Waals surface area (Å²) in [4.78, 5) is 12.8. The van der Waals surface area contributed by atoms with Crippen LogP contribution in [0.2, 0.25) is 0 Å². The lowest BCUT2D eigenvalue weighted by molar-refractivity contribution is 0.295. The average molecular weight is 455 g/mol. The number of hydrogen-bond donors (Lipinski definition) is 1. The summed E-state index contributed by atoms with van der Waals surface area (Å²) in [7, 11) is -1.98. The molecular formula is C25H30N2O4S. The normalized spacial score (nSPS) is 12.0. The van der Waals surface area contributed by atoms with Crippen molar-refractivity contribution in [3.05, 3.63) is 93.4 Å². The van der Waals surface area contributed by atoms with Crippen molar-refractivity contribution in [3.8, 4) is 5.75 Å². The molecule has 7 heteroatoms. The maximum atomic E-state index is 12.9. The highest BCUT2D eigenvalue weighted by Gasteiger charge is 2.20. The topological polar surface area (TPSA) is 77.4 Å². The predicted octanol–water partition coefficient (Wildman–Crippen LogP) is 4.05. The monoisotopic (exact) mass is 454 g/mol. The average Bonchev–Trinajstić information content (AvgIpc) is 2.74. The van der Waals surface area contributed by atoms with E-state index in [2.05, 4.69) is 25.5 Å². The zero-order valence-electron chi connectivity index (χ0n) is 19.2. The molecule has 0 aliphatic carbocycles. The molecule has 0 saturated carbocycles. The molecule has 6 nitrogen and oxygen atoms in total. The van der Waals surface area contributed by atoms with E-state index < -0.39 is 10.0 Å². The third kappa shape index (κ3) is 5.47. The van der Waals surface area contributed by atoms with Crippen molar-refractivity contribution < 1.29 is 13.2 Å². The van der Waals surface area contributed by atoms with Crippen LogP contribution in [0.25, 0.3) is 0 Å². The Kier molecular flexibility index (Phi) is 6.91. The molecule has 0 amide bonds. The Balaban J connectivity index is 1.85. The van der Waals surface area contributed by atoms with E-state index in [-0.39, 0.29) is 34.6 Å². The minimum Gasteiger partial charge on any atom is -0.483 e. The van der Waals surface area contributed by atoms with Crippen LogP contribution in [-0.4, -0.2) is 13.0 Å². The van der Waals surface area contributed by atoms with Crippen LogP contribution in [-0.2, 0) is 35.6 Å². The Morgan fingerprint density at radius 3 is 2.22 bits per heavy atom. The number of sulfonamides is 1. The Hall–Kier alpha value is -2.90. The summed E-state index contributed by atoms with van der Waals surface area (Å²) in [5, 5.41) is 0. The molecule has 1 heterocycles. The molecule has 32 heavy (non-hydrogen) atoms. The van der Waals surface area contributed by atoms with Gasteiger partial charge in [0.15, 0.2) is 5.75 Å². The molecule has 3 rings (SSSR count). The fourth-order valence-corrected chi connectivity index (χ4v) is 4.31. The molecule has 0 aliphatic heterocycles. The van der Waals surface area contributed by atoms with Crippen LogP contribution in [0.15, 0.2) is 70.4 Å². The highest BCUT2D eigenvalue weighted by atomic mass is 32.2. The molecule has 0 radical (unpaired) electrons. The molecule has 0 spiro atoms. The summed E-state index contributed by atoms with van der Waals surface area (Å²) in [5.41, 5.74) is 2.81. The van der Waals surface area contributed by atoms with Crippen molar-refractivity contribution in [1.29, 1.82) is 0 Å². The minimum atomic E-state index is -3.77. The van der Waals surface area contributed by atoms with Gasteiger partial charge in [-0.2, -0.15) is 0 Å². The lowest BCUT2D eigenvalue weighted by Gasteiger charge is -2.20. The summed E-state index contributed by atoms with van der Waals surface area (Å²) in [6.07, 6.45) is 0. The van der Waals surface area contributed by atoms with Crippen molar-refractivity contribution in [3.63, 3.8) is 0 Å². The van der Waals surface area contributed by atoms with Crippen LogP contribution in [0.3, 0.4) is 0 Å². The lowest BCUT2D eigenvalue weighted by Crippen LogP contribution is -2.27. The van der Waals surface area contributed by atoms with E-state index in [0.717, 1.165) is 11.1 Å². The van der Waals surface area contributed by atoms with Gasteiger partial charge in [0.05, 0.1) is 17.1 Å². The van der Waals surface area contributed by atoms with E-state index in [9.17, 15) is 13.2 Å². The summed E-state index contributed by atoms with van der Waals surface area (Å²) < 4.78 is 36.0. The quantitative estimate of drug-likeness (QED) is 0.584. The molecule has 0 fully saturated rings. The van der Waals surface area contributed by atoms with Gasteiger partial charge in [0.25, 0.3) is 0 Å². The molecule has 0 aliphatic rings. The SMILES string of the molecule is Cc1cc(=O)c(OCc2ccccc2)c(CNS(=O)(=O)c2ccc(C(C)(C)C)cc2)n1C. The van der Waals surface area contributed by atoms with Gasteiger partial charge in [0.2, 0.25) is 15.5 Å². The first-order valence-corrected chi connectivity index (χ1v) is 11.9. The van der Waals surface area contributed by atoms with Gasteiger partial charge in [0, 0.05) is 18.8 Å². The summed E-state index contributed by atoms with van der Waals surface area (Å²) in [5.74, 6) is 0.146. The Bertz CT molecular complexity index is 1240. The molecule has 3 aromatic rings. The first-order chi connectivity index (χ1) is 15.0. The van der Waals surface area contributed by atoms with Gasteiger partial charge in [-0.1, -0.05) is 63.2 Å². The Morgan fingerprint density at radius 2 is 1.62 bits per heavy atom. The van der Waals surface area contributed by atoms with E-state index in [1.54, 1.807) is 30.7 Å². The highest BCUT2D eigenvalue weighted by molar-refractivity contribution is 7.89. The molecule has 1 N–H and O–H groups in total. The van der Waals surface area contributed by atoms with Gasteiger partial charge < -0.3 is 9.30 Å². The van der Waals surface area contributed by atoms with Crippen LogP contribution in [0.5, 0.6) is 5.75 Å². The van der Waals surface area contributed by atoms with Crippen LogP contribution >= 0.6 is 0 Å². The summed E-state index contributed by atoms with van der Waals surface area (Å²) in [6.45, 7) is 8.16. The summed E-state index contributed by atoms with van der Waals surface area (Å²) in [6, 6.07) is 17.8. The third-order valence-electron chi connectivity index (χ3n) is 5.45. The first-order valence-electron chi connectivity index (χ1n) is 10.5. The second-order valence-electron chi connectivity index (χ2n) is 8.86. The van der Waals surface area contributed by atoms with Gasteiger partial charge in [0.1, 0.15) is 6.61 Å².